The van der Waals surface area contributed by atoms with Gasteiger partial charge in [0.25, 0.3) is 0 Å². The van der Waals surface area contributed by atoms with Crippen molar-refractivity contribution >= 4 is 31.6 Å². The third-order valence-electron chi connectivity index (χ3n) is 2.73. The molecule has 2 aromatic carbocycles. The standard InChI is InChI=1S/C13H11BrF2N2O2S/c14-9-2-4-12(17)13(5-9)21(19,20)18-7-8-1-3-10(15)6-11(8)16/h1-6,18H,7,17H2. The largest absolute Gasteiger partial charge is 0.398 e. The van der Waals surface area contributed by atoms with Crippen LogP contribution in [0, 0.1) is 11.6 Å². The highest BCUT2D eigenvalue weighted by molar-refractivity contribution is 9.10. The Morgan fingerprint density at radius 1 is 1.14 bits per heavy atom. The summed E-state index contributed by atoms with van der Waals surface area (Å²) in [5.74, 6) is -1.55. The molecule has 8 heteroatoms. The van der Waals surface area contributed by atoms with Gasteiger partial charge in [-0.3, -0.25) is 0 Å². The molecule has 0 saturated carbocycles. The number of hydrogen-bond acceptors (Lipinski definition) is 3. The molecule has 0 spiro atoms. The van der Waals surface area contributed by atoms with Crippen LogP contribution in [0.2, 0.25) is 0 Å². The van der Waals surface area contributed by atoms with E-state index in [9.17, 15) is 17.2 Å². The summed E-state index contributed by atoms with van der Waals surface area (Å²) in [6, 6.07) is 7.32. The SMILES string of the molecule is Nc1ccc(Br)cc1S(=O)(=O)NCc1ccc(F)cc1F. The third-order valence-corrected chi connectivity index (χ3v) is 4.68. The second-order valence-corrected chi connectivity index (χ2v) is 6.89. The van der Waals surface area contributed by atoms with Gasteiger partial charge in [-0.25, -0.2) is 21.9 Å². The highest BCUT2D eigenvalue weighted by atomic mass is 79.9. The van der Waals surface area contributed by atoms with Crippen LogP contribution in [-0.2, 0) is 16.6 Å². The van der Waals surface area contributed by atoms with Crippen molar-refractivity contribution in [2.45, 2.75) is 11.4 Å². The number of halogens is 3. The first-order valence-corrected chi connectivity index (χ1v) is 8.06. The van der Waals surface area contributed by atoms with Gasteiger partial charge in [0.1, 0.15) is 16.5 Å². The monoisotopic (exact) mass is 376 g/mol. The van der Waals surface area contributed by atoms with E-state index in [0.717, 1.165) is 6.07 Å². The molecule has 0 aliphatic carbocycles. The molecule has 3 N–H and O–H groups in total. The number of benzene rings is 2. The minimum absolute atomic E-state index is 0.0357. The Bertz CT molecular complexity index is 782. The molecule has 0 radical (unpaired) electrons. The molecule has 0 bridgehead atoms. The van der Waals surface area contributed by atoms with Crippen LogP contribution in [0.4, 0.5) is 14.5 Å². The van der Waals surface area contributed by atoms with Crippen molar-refractivity contribution in [2.75, 3.05) is 5.73 Å². The van der Waals surface area contributed by atoms with Gasteiger partial charge in [-0.15, -0.1) is 0 Å². The maximum atomic E-state index is 13.5. The molecule has 0 unspecified atom stereocenters. The lowest BCUT2D eigenvalue weighted by atomic mass is 10.2. The summed E-state index contributed by atoms with van der Waals surface area (Å²) in [5, 5.41) is 0. The molecular weight excluding hydrogens is 366 g/mol. The second-order valence-electron chi connectivity index (χ2n) is 4.24. The normalized spacial score (nSPS) is 11.6. The van der Waals surface area contributed by atoms with Gasteiger partial charge in [0.2, 0.25) is 10.0 Å². The van der Waals surface area contributed by atoms with Crippen molar-refractivity contribution in [1.29, 1.82) is 0 Å². The number of anilines is 1. The van der Waals surface area contributed by atoms with Gasteiger partial charge in [-0.05, 0) is 24.3 Å². The summed E-state index contributed by atoms with van der Waals surface area (Å²) in [7, 11) is -3.90. The second kappa shape index (κ2) is 6.08. The fraction of sp³-hybridized carbons (Fsp3) is 0.0769. The zero-order valence-electron chi connectivity index (χ0n) is 10.6. The van der Waals surface area contributed by atoms with Crippen LogP contribution in [0.25, 0.3) is 0 Å². The van der Waals surface area contributed by atoms with E-state index in [1.54, 1.807) is 6.07 Å². The van der Waals surface area contributed by atoms with Crippen LogP contribution in [0.15, 0.2) is 45.8 Å². The van der Waals surface area contributed by atoms with Crippen LogP contribution in [0.1, 0.15) is 5.56 Å². The molecule has 2 aromatic rings. The highest BCUT2D eigenvalue weighted by Crippen LogP contribution is 2.23. The van der Waals surface area contributed by atoms with Crippen molar-refractivity contribution in [3.05, 3.63) is 58.1 Å². The number of nitrogens with two attached hydrogens (primary N) is 1. The van der Waals surface area contributed by atoms with E-state index in [-0.39, 0.29) is 22.7 Å². The smallest absolute Gasteiger partial charge is 0.242 e. The Hall–Kier alpha value is -1.51. The van der Waals surface area contributed by atoms with Crippen molar-refractivity contribution in [2.24, 2.45) is 0 Å². The molecule has 0 aliphatic heterocycles. The molecule has 21 heavy (non-hydrogen) atoms. The van der Waals surface area contributed by atoms with Crippen LogP contribution in [0.5, 0.6) is 0 Å². The zero-order chi connectivity index (χ0) is 15.6. The molecule has 4 nitrogen and oxygen atoms in total. The van der Waals surface area contributed by atoms with Crippen molar-refractivity contribution in [3.8, 4) is 0 Å². The van der Waals surface area contributed by atoms with Crippen molar-refractivity contribution < 1.29 is 17.2 Å². The molecule has 0 amide bonds. The van der Waals surface area contributed by atoms with Gasteiger partial charge in [0.15, 0.2) is 0 Å². The summed E-state index contributed by atoms with van der Waals surface area (Å²) >= 11 is 3.15. The third kappa shape index (κ3) is 3.78. The van der Waals surface area contributed by atoms with Gasteiger partial charge in [-0.1, -0.05) is 22.0 Å². The lowest BCUT2D eigenvalue weighted by molar-refractivity contribution is 0.562. The van der Waals surface area contributed by atoms with Gasteiger partial charge in [0, 0.05) is 22.6 Å². The first-order chi connectivity index (χ1) is 9.79. The molecule has 0 heterocycles. The topological polar surface area (TPSA) is 72.2 Å². The highest BCUT2D eigenvalue weighted by Gasteiger charge is 2.18. The average molecular weight is 377 g/mol. The molecule has 0 saturated heterocycles. The maximum Gasteiger partial charge on any atom is 0.242 e. The Kier molecular flexibility index (Phi) is 4.60. The average Bonchev–Trinajstić information content (AvgIpc) is 2.40. The van der Waals surface area contributed by atoms with Gasteiger partial charge in [-0.2, -0.15) is 0 Å². The van der Waals surface area contributed by atoms with E-state index in [1.807, 2.05) is 0 Å². The lowest BCUT2D eigenvalue weighted by Crippen LogP contribution is -2.24. The quantitative estimate of drug-likeness (QED) is 0.805. The Labute approximate surface area is 129 Å². The fourth-order valence-electron chi connectivity index (χ4n) is 1.66. The van der Waals surface area contributed by atoms with Gasteiger partial charge in [0.05, 0.1) is 5.69 Å². The molecule has 2 rings (SSSR count). The summed E-state index contributed by atoms with van der Waals surface area (Å²) in [6.07, 6.45) is 0. The summed E-state index contributed by atoms with van der Waals surface area (Å²) < 4.78 is 53.3. The van der Waals surface area contributed by atoms with E-state index in [0.29, 0.717) is 10.5 Å². The molecule has 0 aromatic heterocycles. The number of nitrogen functional groups attached to an aromatic ring is 1. The van der Waals surface area contributed by atoms with Crippen LogP contribution >= 0.6 is 15.9 Å². The summed E-state index contributed by atoms with van der Waals surface area (Å²) in [4.78, 5) is -0.112. The Morgan fingerprint density at radius 3 is 2.52 bits per heavy atom. The van der Waals surface area contributed by atoms with Gasteiger partial charge >= 0.3 is 0 Å². The Morgan fingerprint density at radius 2 is 1.86 bits per heavy atom. The van der Waals surface area contributed by atoms with Crippen molar-refractivity contribution in [1.82, 2.24) is 4.72 Å². The number of sulfonamides is 1. The van der Waals surface area contributed by atoms with E-state index >= 15 is 0 Å². The predicted molar refractivity (Wildman–Crippen MR) is 78.9 cm³/mol. The summed E-state index contributed by atoms with van der Waals surface area (Å²) in [5.41, 5.74) is 5.74. The van der Waals surface area contributed by atoms with Crippen LogP contribution in [-0.4, -0.2) is 8.42 Å². The summed E-state index contributed by atoms with van der Waals surface area (Å²) in [6.45, 7) is -0.305. The van der Waals surface area contributed by atoms with E-state index < -0.39 is 21.7 Å². The van der Waals surface area contributed by atoms with Crippen LogP contribution < -0.4 is 10.5 Å². The fourth-order valence-corrected chi connectivity index (χ4v) is 3.33. The predicted octanol–water partition coefficient (Wildman–Crippen LogP) is 2.79. The minimum atomic E-state index is -3.90. The van der Waals surface area contributed by atoms with E-state index in [2.05, 4.69) is 20.7 Å². The molecule has 0 atom stereocenters. The first-order valence-electron chi connectivity index (χ1n) is 5.78. The lowest BCUT2D eigenvalue weighted by Gasteiger charge is -2.10. The number of rotatable bonds is 4. The molecule has 0 fully saturated rings. The number of nitrogens with one attached hydrogen (secondary N) is 1. The molecular formula is C13H11BrF2N2O2S. The van der Waals surface area contributed by atoms with E-state index in [1.165, 1.54) is 18.2 Å². The minimum Gasteiger partial charge on any atom is -0.398 e. The van der Waals surface area contributed by atoms with E-state index in [4.69, 9.17) is 5.73 Å². The van der Waals surface area contributed by atoms with Crippen molar-refractivity contribution in [3.63, 3.8) is 0 Å². The number of hydrogen-bond donors (Lipinski definition) is 2. The van der Waals surface area contributed by atoms with Crippen LogP contribution in [0.3, 0.4) is 0 Å². The maximum absolute atomic E-state index is 13.5. The van der Waals surface area contributed by atoms with Gasteiger partial charge < -0.3 is 5.73 Å². The zero-order valence-corrected chi connectivity index (χ0v) is 13.0. The molecule has 0 aliphatic rings. The first kappa shape index (κ1) is 15.9. The Balaban J connectivity index is 2.24. The molecule has 112 valence electrons.